The molecule has 1 aromatic heterocycles. The second-order valence-corrected chi connectivity index (χ2v) is 4.91. The molecule has 0 aliphatic rings. The number of esters is 1. The summed E-state index contributed by atoms with van der Waals surface area (Å²) in [7, 11) is 0. The van der Waals surface area contributed by atoms with Crippen LogP contribution in [0.4, 0.5) is 0 Å². The fourth-order valence-corrected chi connectivity index (χ4v) is 1.97. The molecule has 114 valence electrons. The number of benzene rings is 1. The van der Waals surface area contributed by atoms with Crippen LogP contribution in [0, 0.1) is 5.21 Å². The van der Waals surface area contributed by atoms with Crippen LogP contribution in [0.5, 0.6) is 0 Å². The number of hydrogen-bond acceptors (Lipinski definition) is 4. The predicted molar refractivity (Wildman–Crippen MR) is 80.4 cm³/mol. The van der Waals surface area contributed by atoms with Gasteiger partial charge in [-0.1, -0.05) is 31.2 Å². The van der Waals surface area contributed by atoms with E-state index in [1.165, 1.54) is 31.5 Å². The number of carbonyl (C=O) groups is 2. The van der Waals surface area contributed by atoms with Crippen molar-refractivity contribution in [2.45, 2.75) is 26.4 Å². The van der Waals surface area contributed by atoms with Crippen molar-refractivity contribution in [3.8, 4) is 0 Å². The number of hydrogen-bond donors (Lipinski definition) is 0. The molecule has 0 saturated heterocycles. The van der Waals surface area contributed by atoms with Crippen molar-refractivity contribution >= 4 is 11.8 Å². The molecule has 0 fully saturated rings. The highest BCUT2D eigenvalue weighted by molar-refractivity contribution is 6.01. The Kier molecular flexibility index (Phi) is 4.88. The Morgan fingerprint density at radius 3 is 2.23 bits per heavy atom. The maximum absolute atomic E-state index is 12.2. The van der Waals surface area contributed by atoms with E-state index in [0.29, 0.717) is 10.3 Å². The molecule has 0 aliphatic heterocycles. The lowest BCUT2D eigenvalue weighted by atomic mass is 10.0. The molecule has 0 aliphatic carbocycles. The van der Waals surface area contributed by atoms with Gasteiger partial charge in [-0.15, -0.1) is 0 Å². The second-order valence-electron chi connectivity index (χ2n) is 4.91. The Morgan fingerprint density at radius 2 is 1.68 bits per heavy atom. The highest BCUT2D eigenvalue weighted by Crippen LogP contribution is 2.11. The first-order valence-corrected chi connectivity index (χ1v) is 7.04. The second kappa shape index (κ2) is 6.85. The first kappa shape index (κ1) is 15.7. The number of aryl methyl sites for hydroxylation is 1. The van der Waals surface area contributed by atoms with E-state index in [9.17, 15) is 14.8 Å². The molecule has 0 saturated carbocycles. The van der Waals surface area contributed by atoms with Gasteiger partial charge >= 0.3 is 5.97 Å². The lowest BCUT2D eigenvalue weighted by Crippen LogP contribution is -2.27. The number of aromatic nitrogens is 1. The Morgan fingerprint density at radius 1 is 1.09 bits per heavy atom. The van der Waals surface area contributed by atoms with E-state index in [1.54, 1.807) is 12.1 Å². The molecule has 1 atom stereocenters. The van der Waals surface area contributed by atoms with Gasteiger partial charge in [-0.25, -0.2) is 4.79 Å². The average Bonchev–Trinajstić information content (AvgIpc) is 2.54. The number of carbonyl (C=O) groups excluding carboxylic acids is 2. The van der Waals surface area contributed by atoms with Gasteiger partial charge in [-0.2, -0.15) is 4.73 Å². The van der Waals surface area contributed by atoms with Gasteiger partial charge in [-0.3, -0.25) is 4.79 Å². The largest absolute Gasteiger partial charge is 0.619 e. The molecular weight excluding hydrogens is 282 g/mol. The zero-order chi connectivity index (χ0) is 16.1. The summed E-state index contributed by atoms with van der Waals surface area (Å²) in [5.74, 6) is -0.891. The van der Waals surface area contributed by atoms with Gasteiger partial charge in [0.1, 0.15) is 0 Å². The molecule has 0 spiro atoms. The quantitative estimate of drug-likeness (QED) is 0.368. The summed E-state index contributed by atoms with van der Waals surface area (Å²) in [5, 5.41) is 10.9. The minimum atomic E-state index is -0.889. The summed E-state index contributed by atoms with van der Waals surface area (Å²) in [6.45, 7) is 3.57. The first-order valence-electron chi connectivity index (χ1n) is 7.04. The predicted octanol–water partition coefficient (Wildman–Crippen LogP) is 2.31. The van der Waals surface area contributed by atoms with Crippen LogP contribution < -0.4 is 4.73 Å². The third-order valence-electron chi connectivity index (χ3n) is 3.34. The third-order valence-corrected chi connectivity index (χ3v) is 3.34. The van der Waals surface area contributed by atoms with Crippen molar-refractivity contribution in [2.75, 3.05) is 0 Å². The topological polar surface area (TPSA) is 70.3 Å². The van der Waals surface area contributed by atoms with E-state index in [2.05, 4.69) is 0 Å². The summed E-state index contributed by atoms with van der Waals surface area (Å²) in [6, 6.07) is 9.92. The highest BCUT2D eigenvalue weighted by Gasteiger charge is 2.20. The van der Waals surface area contributed by atoms with Crippen LogP contribution in [0.15, 0.2) is 48.8 Å². The molecule has 0 radical (unpaired) electrons. The Labute approximate surface area is 128 Å². The molecule has 1 aromatic carbocycles. The van der Waals surface area contributed by atoms with E-state index in [4.69, 9.17) is 4.74 Å². The van der Waals surface area contributed by atoms with Gasteiger partial charge in [0.2, 0.25) is 5.78 Å². The summed E-state index contributed by atoms with van der Waals surface area (Å²) in [6.07, 6.45) is 2.41. The number of pyridine rings is 1. The van der Waals surface area contributed by atoms with Gasteiger partial charge in [0.25, 0.3) is 0 Å². The summed E-state index contributed by atoms with van der Waals surface area (Å²) < 4.78 is 5.72. The van der Waals surface area contributed by atoms with Crippen LogP contribution in [0.2, 0.25) is 0 Å². The van der Waals surface area contributed by atoms with E-state index in [1.807, 2.05) is 19.1 Å². The fraction of sp³-hybridized carbons (Fsp3) is 0.235. The molecule has 0 N–H and O–H groups in total. The highest BCUT2D eigenvalue weighted by atomic mass is 16.5. The lowest BCUT2D eigenvalue weighted by Gasteiger charge is -2.12. The normalized spacial score (nSPS) is 11.7. The minimum Gasteiger partial charge on any atom is -0.619 e. The van der Waals surface area contributed by atoms with E-state index < -0.39 is 12.1 Å². The Bertz CT molecular complexity index is 662. The number of ether oxygens (including phenoxy) is 1. The molecule has 22 heavy (non-hydrogen) atoms. The number of rotatable bonds is 5. The maximum atomic E-state index is 12.2. The monoisotopic (exact) mass is 299 g/mol. The van der Waals surface area contributed by atoms with Crippen LogP contribution in [0.25, 0.3) is 0 Å². The molecule has 5 nitrogen and oxygen atoms in total. The first-order chi connectivity index (χ1) is 10.5. The average molecular weight is 299 g/mol. The van der Waals surface area contributed by atoms with Crippen molar-refractivity contribution in [1.29, 1.82) is 0 Å². The number of Topliss-reactive ketones (excluding diaryl/α,β-unsaturated/α-hetero) is 1. The molecule has 2 aromatic rings. The van der Waals surface area contributed by atoms with Crippen molar-refractivity contribution in [1.82, 2.24) is 0 Å². The fourth-order valence-electron chi connectivity index (χ4n) is 1.97. The van der Waals surface area contributed by atoms with Crippen LogP contribution in [-0.4, -0.2) is 17.9 Å². The zero-order valence-electron chi connectivity index (χ0n) is 12.5. The Balaban J connectivity index is 2.03. The van der Waals surface area contributed by atoms with E-state index >= 15 is 0 Å². The Hall–Kier alpha value is -2.69. The molecule has 0 unspecified atom stereocenters. The van der Waals surface area contributed by atoms with E-state index in [0.717, 1.165) is 12.0 Å². The van der Waals surface area contributed by atoms with Gasteiger partial charge < -0.3 is 9.94 Å². The van der Waals surface area contributed by atoms with Gasteiger partial charge in [0.05, 0.1) is 5.56 Å². The van der Waals surface area contributed by atoms with Crippen LogP contribution in [0.1, 0.15) is 40.1 Å². The van der Waals surface area contributed by atoms with Gasteiger partial charge in [0, 0.05) is 17.7 Å². The van der Waals surface area contributed by atoms with Crippen molar-refractivity contribution < 1.29 is 19.1 Å². The third kappa shape index (κ3) is 3.69. The van der Waals surface area contributed by atoms with Crippen molar-refractivity contribution in [3.63, 3.8) is 0 Å². The molecule has 5 heteroatoms. The lowest BCUT2D eigenvalue weighted by molar-refractivity contribution is -0.605. The smallest absolute Gasteiger partial charge is 0.339 e. The molecule has 1 heterocycles. The van der Waals surface area contributed by atoms with Crippen molar-refractivity contribution in [2.24, 2.45) is 0 Å². The molecule has 0 amide bonds. The van der Waals surface area contributed by atoms with Crippen LogP contribution in [-0.2, 0) is 11.2 Å². The standard InChI is InChI=1S/C17H17NO4/c1-3-13-4-6-14(7-5-13)16(19)12(2)22-17(20)15-8-10-18(21)11-9-15/h4-12H,3H2,1-2H3/t12-/m1/s1. The number of nitrogens with zero attached hydrogens (tertiary/aromatic N) is 1. The minimum absolute atomic E-state index is 0.230. The molecular formula is C17H17NO4. The van der Waals surface area contributed by atoms with E-state index in [-0.39, 0.29) is 11.3 Å². The maximum Gasteiger partial charge on any atom is 0.339 e. The molecule has 2 rings (SSSR count). The van der Waals surface area contributed by atoms with Gasteiger partial charge in [0.15, 0.2) is 18.5 Å². The SMILES string of the molecule is CCc1ccc(C(=O)[C@@H](C)OC(=O)c2cc[n+]([O-])cc2)cc1. The van der Waals surface area contributed by atoms with Crippen molar-refractivity contribution in [3.05, 3.63) is 70.7 Å². The summed E-state index contributed by atoms with van der Waals surface area (Å²) in [5.41, 5.74) is 1.87. The van der Waals surface area contributed by atoms with Gasteiger partial charge in [-0.05, 0) is 18.9 Å². The van der Waals surface area contributed by atoms with Crippen LogP contribution >= 0.6 is 0 Å². The molecule has 0 bridgehead atoms. The summed E-state index contributed by atoms with van der Waals surface area (Å²) in [4.78, 5) is 24.2. The number of ketones is 1. The zero-order valence-corrected chi connectivity index (χ0v) is 12.5. The summed E-state index contributed by atoms with van der Waals surface area (Å²) >= 11 is 0. The van der Waals surface area contributed by atoms with Crippen LogP contribution in [0.3, 0.4) is 0 Å².